The molecule has 5 nitrogen and oxygen atoms in total. The molecule has 0 radical (unpaired) electrons. The zero-order valence-electron chi connectivity index (χ0n) is 13.1. The lowest BCUT2D eigenvalue weighted by Gasteiger charge is -2.19. The van der Waals surface area contributed by atoms with E-state index in [1.807, 2.05) is 0 Å². The van der Waals surface area contributed by atoms with Crippen molar-refractivity contribution in [3.8, 4) is 11.5 Å². The van der Waals surface area contributed by atoms with E-state index in [4.69, 9.17) is 4.74 Å². The highest BCUT2D eigenvalue weighted by atomic mass is 19.3. The first kappa shape index (κ1) is 16.6. The smallest absolute Gasteiger partial charge is 0.387 e. The number of carbonyl (C=O) groups excluding carboxylic acids is 2. The van der Waals surface area contributed by atoms with Gasteiger partial charge in [0.05, 0.1) is 7.11 Å². The number of halogens is 2. The van der Waals surface area contributed by atoms with E-state index in [9.17, 15) is 18.4 Å². The van der Waals surface area contributed by atoms with Crippen LogP contribution in [-0.4, -0.2) is 25.5 Å². The van der Waals surface area contributed by atoms with E-state index in [-0.39, 0.29) is 22.6 Å². The van der Waals surface area contributed by atoms with Crippen molar-refractivity contribution < 1.29 is 27.8 Å². The number of para-hydroxylation sites is 1. The second-order valence-electron chi connectivity index (χ2n) is 5.14. The lowest BCUT2D eigenvalue weighted by atomic mass is 9.93. The summed E-state index contributed by atoms with van der Waals surface area (Å²) in [7, 11) is 1.33. The van der Waals surface area contributed by atoms with Gasteiger partial charge in [-0.25, -0.2) is 0 Å². The number of ether oxygens (including phenoxy) is 2. The molecule has 1 aliphatic heterocycles. The summed E-state index contributed by atoms with van der Waals surface area (Å²) >= 11 is 0. The highest BCUT2D eigenvalue weighted by molar-refractivity contribution is 6.34. The van der Waals surface area contributed by atoms with Crippen LogP contribution >= 0.6 is 0 Å². The zero-order chi connectivity index (χ0) is 18.0. The lowest BCUT2D eigenvalue weighted by Crippen LogP contribution is -2.36. The SMILES string of the molecule is COc1cccc(/C=C2\C(=O)NC(=O)c3ccccc32)c1OC(F)F. The second-order valence-corrected chi connectivity index (χ2v) is 5.14. The summed E-state index contributed by atoms with van der Waals surface area (Å²) < 4.78 is 35.1. The molecule has 1 aliphatic rings. The largest absolute Gasteiger partial charge is 0.493 e. The third kappa shape index (κ3) is 3.21. The summed E-state index contributed by atoms with van der Waals surface area (Å²) in [5, 5.41) is 2.23. The Bertz CT molecular complexity index is 877. The Morgan fingerprint density at radius 2 is 1.72 bits per heavy atom. The molecule has 0 aromatic heterocycles. The molecule has 128 valence electrons. The minimum absolute atomic E-state index is 0.107. The Hall–Kier alpha value is -3.22. The number of carbonyl (C=O) groups is 2. The number of rotatable bonds is 4. The number of hydrogen-bond donors (Lipinski definition) is 1. The maximum absolute atomic E-state index is 12.7. The van der Waals surface area contributed by atoms with Crippen LogP contribution in [0.5, 0.6) is 11.5 Å². The van der Waals surface area contributed by atoms with Crippen LogP contribution < -0.4 is 14.8 Å². The van der Waals surface area contributed by atoms with Crippen LogP contribution in [0.25, 0.3) is 11.6 Å². The molecule has 0 spiro atoms. The Labute approximate surface area is 141 Å². The van der Waals surface area contributed by atoms with Crippen molar-refractivity contribution in [2.45, 2.75) is 6.61 Å². The summed E-state index contributed by atoms with van der Waals surface area (Å²) in [6.45, 7) is -3.05. The van der Waals surface area contributed by atoms with Gasteiger partial charge >= 0.3 is 6.61 Å². The standard InChI is InChI=1S/C18H13F2NO4/c1-24-14-8-4-5-10(15(14)25-18(19)20)9-13-11-6-2-3-7-12(11)16(22)21-17(13)23/h2-9,18H,1H3,(H,21,22,23)/b13-9-. The fraction of sp³-hybridized carbons (Fsp3) is 0.111. The first-order valence-corrected chi connectivity index (χ1v) is 7.30. The molecule has 1 heterocycles. The molecular formula is C18H13F2NO4. The number of benzene rings is 2. The molecule has 0 atom stereocenters. The maximum Gasteiger partial charge on any atom is 0.387 e. The molecular weight excluding hydrogens is 332 g/mol. The monoisotopic (exact) mass is 345 g/mol. The molecule has 25 heavy (non-hydrogen) atoms. The minimum atomic E-state index is -3.05. The van der Waals surface area contributed by atoms with E-state index >= 15 is 0 Å². The Balaban J connectivity index is 2.17. The van der Waals surface area contributed by atoms with Gasteiger partial charge in [0, 0.05) is 16.7 Å². The average Bonchev–Trinajstić information content (AvgIpc) is 2.59. The van der Waals surface area contributed by atoms with Gasteiger partial charge in [0.1, 0.15) is 0 Å². The quantitative estimate of drug-likeness (QED) is 0.683. The topological polar surface area (TPSA) is 64.6 Å². The van der Waals surface area contributed by atoms with E-state index in [0.29, 0.717) is 11.1 Å². The van der Waals surface area contributed by atoms with E-state index in [1.54, 1.807) is 30.3 Å². The minimum Gasteiger partial charge on any atom is -0.493 e. The van der Waals surface area contributed by atoms with Crippen molar-refractivity contribution in [2.75, 3.05) is 7.11 Å². The van der Waals surface area contributed by atoms with Crippen molar-refractivity contribution >= 4 is 23.5 Å². The lowest BCUT2D eigenvalue weighted by molar-refractivity contribution is -0.114. The molecule has 2 aromatic rings. The molecule has 1 N–H and O–H groups in total. The summed E-state index contributed by atoms with van der Waals surface area (Å²) in [4.78, 5) is 24.1. The Morgan fingerprint density at radius 3 is 2.40 bits per heavy atom. The predicted molar refractivity (Wildman–Crippen MR) is 86.4 cm³/mol. The van der Waals surface area contributed by atoms with Crippen LogP contribution in [0.15, 0.2) is 42.5 Å². The molecule has 0 bridgehead atoms. The molecule has 0 unspecified atom stereocenters. The van der Waals surface area contributed by atoms with Gasteiger partial charge in [-0.3, -0.25) is 14.9 Å². The van der Waals surface area contributed by atoms with Gasteiger partial charge in [0.15, 0.2) is 11.5 Å². The second kappa shape index (κ2) is 6.72. The summed E-state index contributed by atoms with van der Waals surface area (Å²) in [5.41, 5.74) is 1.14. The van der Waals surface area contributed by atoms with Crippen molar-refractivity contribution in [3.63, 3.8) is 0 Å². The highest BCUT2D eigenvalue weighted by Crippen LogP contribution is 2.36. The number of fused-ring (bicyclic) bond motifs is 1. The Kier molecular flexibility index (Phi) is 4.47. The van der Waals surface area contributed by atoms with Gasteiger partial charge in [-0.15, -0.1) is 0 Å². The predicted octanol–water partition coefficient (Wildman–Crippen LogP) is 3.11. The molecule has 0 aliphatic carbocycles. The first-order valence-electron chi connectivity index (χ1n) is 7.30. The first-order chi connectivity index (χ1) is 12.0. The van der Waals surface area contributed by atoms with Crippen molar-refractivity contribution in [2.24, 2.45) is 0 Å². The van der Waals surface area contributed by atoms with E-state index < -0.39 is 18.4 Å². The van der Waals surface area contributed by atoms with Crippen LogP contribution in [0, 0.1) is 0 Å². The molecule has 0 saturated heterocycles. The van der Waals surface area contributed by atoms with Crippen molar-refractivity contribution in [1.82, 2.24) is 5.32 Å². The van der Waals surface area contributed by atoms with Crippen LogP contribution in [0.3, 0.4) is 0 Å². The summed E-state index contributed by atoms with van der Waals surface area (Å²) in [6.07, 6.45) is 1.39. The number of methoxy groups -OCH3 is 1. The van der Waals surface area contributed by atoms with E-state index in [0.717, 1.165) is 0 Å². The third-order valence-corrected chi connectivity index (χ3v) is 3.67. The molecule has 3 rings (SSSR count). The highest BCUT2D eigenvalue weighted by Gasteiger charge is 2.27. The van der Waals surface area contributed by atoms with Gasteiger partial charge in [-0.05, 0) is 23.8 Å². The number of nitrogens with one attached hydrogen (secondary N) is 1. The van der Waals surface area contributed by atoms with Gasteiger partial charge in [0.2, 0.25) is 0 Å². The molecule has 0 fully saturated rings. The van der Waals surface area contributed by atoms with Gasteiger partial charge in [-0.1, -0.05) is 30.3 Å². The summed E-state index contributed by atoms with van der Waals surface area (Å²) in [5.74, 6) is -1.20. The maximum atomic E-state index is 12.7. The number of hydrogen-bond acceptors (Lipinski definition) is 4. The summed E-state index contributed by atoms with van der Waals surface area (Å²) in [6, 6.07) is 11.1. The van der Waals surface area contributed by atoms with Crippen LogP contribution in [-0.2, 0) is 4.79 Å². The van der Waals surface area contributed by atoms with Gasteiger partial charge in [-0.2, -0.15) is 8.78 Å². The van der Waals surface area contributed by atoms with Crippen molar-refractivity contribution in [3.05, 3.63) is 59.2 Å². The van der Waals surface area contributed by atoms with Crippen molar-refractivity contribution in [1.29, 1.82) is 0 Å². The van der Waals surface area contributed by atoms with Gasteiger partial charge in [0.25, 0.3) is 11.8 Å². The molecule has 7 heteroatoms. The zero-order valence-corrected chi connectivity index (χ0v) is 13.1. The third-order valence-electron chi connectivity index (χ3n) is 3.67. The molecule has 2 aromatic carbocycles. The number of amides is 2. The average molecular weight is 345 g/mol. The van der Waals surface area contributed by atoms with Gasteiger partial charge < -0.3 is 9.47 Å². The normalized spacial score (nSPS) is 15.1. The fourth-order valence-electron chi connectivity index (χ4n) is 2.60. The van der Waals surface area contributed by atoms with Crippen LogP contribution in [0.4, 0.5) is 8.78 Å². The molecule has 2 amide bonds. The fourth-order valence-corrected chi connectivity index (χ4v) is 2.60. The number of alkyl halides is 2. The molecule has 0 saturated carbocycles. The Morgan fingerprint density at radius 1 is 1.00 bits per heavy atom. The van der Waals surface area contributed by atoms with E-state index in [1.165, 1.54) is 25.3 Å². The van der Waals surface area contributed by atoms with Crippen LogP contribution in [0.2, 0.25) is 0 Å². The number of imide groups is 1. The van der Waals surface area contributed by atoms with E-state index in [2.05, 4.69) is 10.1 Å². The van der Waals surface area contributed by atoms with Crippen LogP contribution in [0.1, 0.15) is 21.5 Å².